The number of esters is 1. The number of rotatable bonds is 6. The summed E-state index contributed by atoms with van der Waals surface area (Å²) in [4.78, 5) is 33.4. The van der Waals surface area contributed by atoms with Gasteiger partial charge in [0, 0.05) is 32.4 Å². The number of pyridine rings is 1. The Morgan fingerprint density at radius 3 is 2.35 bits per heavy atom. The average Bonchev–Trinajstić information content (AvgIpc) is 3.13. The zero-order valence-electron chi connectivity index (χ0n) is 19.6. The van der Waals surface area contributed by atoms with Crippen LogP contribution in [0.5, 0.6) is 0 Å². The molecule has 3 heterocycles. The molecule has 9 heteroatoms. The van der Waals surface area contributed by atoms with Gasteiger partial charge in [-0.25, -0.2) is 14.5 Å². The quantitative estimate of drug-likeness (QED) is 0.499. The minimum atomic E-state index is -0.382. The fourth-order valence-corrected chi connectivity index (χ4v) is 4.29. The number of carbonyl (C=O) groups is 2. The summed E-state index contributed by atoms with van der Waals surface area (Å²) in [5.74, 6) is 0.273. The molecule has 4 rings (SSSR count). The highest BCUT2D eigenvalue weighted by Crippen LogP contribution is 2.24. The third-order valence-electron chi connectivity index (χ3n) is 5.88. The highest BCUT2D eigenvalue weighted by Gasteiger charge is 2.28. The molecule has 8 nitrogen and oxygen atoms in total. The molecule has 1 saturated heterocycles. The first-order chi connectivity index (χ1) is 16.4. The van der Waals surface area contributed by atoms with Gasteiger partial charge in [-0.1, -0.05) is 41.4 Å². The van der Waals surface area contributed by atoms with E-state index in [-0.39, 0.29) is 11.9 Å². The standard InChI is InChI=1S/C25H28ClN5O3/c1-4-34-25(33)20-9-10-21(27-15-20)29-11-13-30(14-12-29)24(32)22-18(3)28-31(23(22)26)16-19-7-5-17(2)6-8-19/h5-10,15H,4,11-14,16H2,1-3H3. The van der Waals surface area contributed by atoms with E-state index in [0.717, 1.165) is 11.4 Å². The molecule has 1 aliphatic rings. The van der Waals surface area contributed by atoms with E-state index in [1.54, 1.807) is 28.6 Å². The van der Waals surface area contributed by atoms with Gasteiger partial charge in [0.25, 0.3) is 5.91 Å². The summed E-state index contributed by atoms with van der Waals surface area (Å²) in [6.45, 7) is 8.80. The Balaban J connectivity index is 1.40. The maximum Gasteiger partial charge on any atom is 0.339 e. The van der Waals surface area contributed by atoms with E-state index in [1.807, 2.05) is 38.1 Å². The van der Waals surface area contributed by atoms with Gasteiger partial charge in [-0.3, -0.25) is 4.79 Å². The largest absolute Gasteiger partial charge is 0.462 e. The van der Waals surface area contributed by atoms with Crippen LogP contribution >= 0.6 is 11.6 Å². The van der Waals surface area contributed by atoms with Crippen molar-refractivity contribution in [3.05, 3.63) is 75.7 Å². The molecule has 1 aromatic carbocycles. The fourth-order valence-electron chi connectivity index (χ4n) is 3.97. The first kappa shape index (κ1) is 23.8. The number of hydrogen-bond donors (Lipinski definition) is 0. The predicted octanol–water partition coefficient (Wildman–Crippen LogP) is 3.74. The minimum absolute atomic E-state index is 0.108. The van der Waals surface area contributed by atoms with Crippen molar-refractivity contribution in [1.82, 2.24) is 19.7 Å². The van der Waals surface area contributed by atoms with Crippen LogP contribution in [0.1, 0.15) is 44.5 Å². The lowest BCUT2D eigenvalue weighted by molar-refractivity contribution is 0.0525. The third kappa shape index (κ3) is 5.07. The molecule has 34 heavy (non-hydrogen) atoms. The SMILES string of the molecule is CCOC(=O)c1ccc(N2CCN(C(=O)c3c(C)nn(Cc4ccc(C)cc4)c3Cl)CC2)nc1. The number of benzene rings is 1. The van der Waals surface area contributed by atoms with Gasteiger partial charge in [0.05, 0.1) is 30.0 Å². The Bertz CT molecular complexity index is 1170. The zero-order chi connectivity index (χ0) is 24.2. The second-order valence-corrected chi connectivity index (χ2v) is 8.66. The summed E-state index contributed by atoms with van der Waals surface area (Å²) in [6.07, 6.45) is 1.52. The molecule has 3 aromatic rings. The third-order valence-corrected chi connectivity index (χ3v) is 6.27. The van der Waals surface area contributed by atoms with Crippen molar-refractivity contribution in [2.45, 2.75) is 27.3 Å². The summed E-state index contributed by atoms with van der Waals surface area (Å²) in [5, 5.41) is 4.88. The Hall–Kier alpha value is -3.39. The molecule has 0 unspecified atom stereocenters. The van der Waals surface area contributed by atoms with Crippen LogP contribution in [0.15, 0.2) is 42.6 Å². The van der Waals surface area contributed by atoms with Crippen LogP contribution in [0.3, 0.4) is 0 Å². The van der Waals surface area contributed by atoms with Gasteiger partial charge in [0.1, 0.15) is 11.0 Å². The monoisotopic (exact) mass is 481 g/mol. The van der Waals surface area contributed by atoms with Crippen LogP contribution in [0.2, 0.25) is 5.15 Å². The van der Waals surface area contributed by atoms with Crippen LogP contribution < -0.4 is 4.90 Å². The van der Waals surface area contributed by atoms with Crippen molar-refractivity contribution in [3.63, 3.8) is 0 Å². The number of aromatic nitrogens is 3. The Labute approximate surface area is 204 Å². The van der Waals surface area contributed by atoms with Crippen LogP contribution in [0.25, 0.3) is 0 Å². The highest BCUT2D eigenvalue weighted by molar-refractivity contribution is 6.33. The lowest BCUT2D eigenvalue weighted by atomic mass is 10.1. The van der Waals surface area contributed by atoms with Gasteiger partial charge in [-0.2, -0.15) is 5.10 Å². The zero-order valence-corrected chi connectivity index (χ0v) is 20.4. The summed E-state index contributed by atoms with van der Waals surface area (Å²) in [6, 6.07) is 11.7. The van der Waals surface area contributed by atoms with Crippen molar-refractivity contribution >= 4 is 29.3 Å². The second kappa shape index (κ2) is 10.3. The number of nitrogens with zero attached hydrogens (tertiary/aromatic N) is 5. The molecule has 1 fully saturated rings. The number of amides is 1. The molecule has 0 spiro atoms. The lowest BCUT2D eigenvalue weighted by Gasteiger charge is -2.35. The normalized spacial score (nSPS) is 13.8. The van der Waals surface area contributed by atoms with Crippen LogP contribution in [-0.2, 0) is 11.3 Å². The van der Waals surface area contributed by atoms with Gasteiger partial charge >= 0.3 is 5.97 Å². The second-order valence-electron chi connectivity index (χ2n) is 8.30. The van der Waals surface area contributed by atoms with E-state index in [9.17, 15) is 9.59 Å². The van der Waals surface area contributed by atoms with E-state index >= 15 is 0 Å². The molecule has 0 N–H and O–H groups in total. The van der Waals surface area contributed by atoms with Gasteiger partial charge in [-0.15, -0.1) is 0 Å². The number of piperazine rings is 1. The smallest absolute Gasteiger partial charge is 0.339 e. The van der Waals surface area contributed by atoms with Crippen LogP contribution in [-0.4, -0.2) is 64.3 Å². The summed E-state index contributed by atoms with van der Waals surface area (Å²) >= 11 is 6.61. The fraction of sp³-hybridized carbons (Fsp3) is 0.360. The van der Waals surface area contributed by atoms with Crippen molar-refractivity contribution in [2.24, 2.45) is 0 Å². The Morgan fingerprint density at radius 2 is 1.74 bits per heavy atom. The van der Waals surface area contributed by atoms with Crippen molar-refractivity contribution in [2.75, 3.05) is 37.7 Å². The van der Waals surface area contributed by atoms with Crippen molar-refractivity contribution in [3.8, 4) is 0 Å². The van der Waals surface area contributed by atoms with Crippen molar-refractivity contribution < 1.29 is 14.3 Å². The minimum Gasteiger partial charge on any atom is -0.462 e. The molecule has 0 saturated carbocycles. The first-order valence-corrected chi connectivity index (χ1v) is 11.7. The molecular formula is C25H28ClN5O3. The van der Waals surface area contributed by atoms with E-state index in [2.05, 4.69) is 15.0 Å². The summed E-state index contributed by atoms with van der Waals surface area (Å²) < 4.78 is 6.68. The van der Waals surface area contributed by atoms with E-state index < -0.39 is 0 Å². The van der Waals surface area contributed by atoms with Gasteiger partial charge in [-0.05, 0) is 38.5 Å². The molecule has 1 aliphatic heterocycles. The Morgan fingerprint density at radius 1 is 1.03 bits per heavy atom. The van der Waals surface area contributed by atoms with Gasteiger partial charge < -0.3 is 14.5 Å². The molecule has 0 radical (unpaired) electrons. The number of anilines is 1. The molecule has 0 bridgehead atoms. The Kier molecular flexibility index (Phi) is 7.17. The number of carbonyl (C=O) groups excluding carboxylic acids is 2. The molecule has 2 aromatic heterocycles. The molecule has 178 valence electrons. The topological polar surface area (TPSA) is 80.6 Å². The maximum atomic E-state index is 13.3. The van der Waals surface area contributed by atoms with E-state index in [1.165, 1.54) is 11.8 Å². The van der Waals surface area contributed by atoms with Gasteiger partial charge in [0.15, 0.2) is 0 Å². The average molecular weight is 482 g/mol. The predicted molar refractivity (Wildman–Crippen MR) is 131 cm³/mol. The maximum absolute atomic E-state index is 13.3. The highest BCUT2D eigenvalue weighted by atomic mass is 35.5. The molecule has 0 atom stereocenters. The van der Waals surface area contributed by atoms with Gasteiger partial charge in [0.2, 0.25) is 0 Å². The number of ether oxygens (including phenoxy) is 1. The van der Waals surface area contributed by atoms with Crippen LogP contribution in [0, 0.1) is 13.8 Å². The molecular weight excluding hydrogens is 454 g/mol. The number of aryl methyl sites for hydroxylation is 2. The lowest BCUT2D eigenvalue weighted by Crippen LogP contribution is -2.49. The molecule has 0 aliphatic carbocycles. The number of halogens is 1. The van der Waals surface area contributed by atoms with E-state index in [0.29, 0.717) is 61.3 Å². The first-order valence-electron chi connectivity index (χ1n) is 11.3. The van der Waals surface area contributed by atoms with Crippen molar-refractivity contribution in [1.29, 1.82) is 0 Å². The molecule has 1 amide bonds. The summed E-state index contributed by atoms with van der Waals surface area (Å²) in [7, 11) is 0. The van der Waals surface area contributed by atoms with E-state index in [4.69, 9.17) is 16.3 Å². The van der Waals surface area contributed by atoms with Crippen LogP contribution in [0.4, 0.5) is 5.82 Å². The number of hydrogen-bond acceptors (Lipinski definition) is 6. The summed E-state index contributed by atoms with van der Waals surface area (Å²) in [5.41, 5.74) is 3.77.